The molecule has 0 saturated heterocycles. The summed E-state index contributed by atoms with van der Waals surface area (Å²) in [5.41, 5.74) is 0. The molecule has 7 heteroatoms. The molecule has 0 aromatic rings. The van der Waals surface area contributed by atoms with E-state index < -0.39 is 32.9 Å². The first kappa shape index (κ1) is 49.4. The average molecular weight is 698 g/mol. The molecule has 0 aromatic carbocycles. The molecule has 43 heavy (non-hydrogen) atoms. The fourth-order valence-electron chi connectivity index (χ4n) is 8.76. The van der Waals surface area contributed by atoms with Gasteiger partial charge in [0, 0.05) is 0 Å². The second-order valence-corrected chi connectivity index (χ2v) is 31.7. The van der Waals surface area contributed by atoms with Gasteiger partial charge in [0.25, 0.3) is 0 Å². The van der Waals surface area contributed by atoms with Crippen LogP contribution in [0.3, 0.4) is 0 Å². The zero-order valence-electron chi connectivity index (χ0n) is 32.6. The predicted octanol–water partition coefficient (Wildman–Crippen LogP) is 15.0. The molecule has 0 aromatic heterocycles. The van der Waals surface area contributed by atoms with Crippen molar-refractivity contribution in [3.8, 4) is 0 Å². The number of hydrogen-bond acceptors (Lipinski definition) is 0. The Morgan fingerprint density at radius 1 is 0.233 bits per heavy atom. The summed E-state index contributed by atoms with van der Waals surface area (Å²) in [5, 5.41) is 0. The van der Waals surface area contributed by atoms with Gasteiger partial charge in [-0.05, 0) is 0 Å². The maximum absolute atomic E-state index is 5.96. The van der Waals surface area contributed by atoms with Crippen molar-refractivity contribution in [2.45, 2.75) is 233 Å². The van der Waals surface area contributed by atoms with Gasteiger partial charge in [-0.25, -0.2) is 0 Å². The molecule has 0 rings (SSSR count). The van der Waals surface area contributed by atoms with E-state index in [9.17, 15) is 0 Å². The Balaban J connectivity index is -0.000000727. The van der Waals surface area contributed by atoms with Gasteiger partial charge in [0.05, 0.1) is 0 Å². The van der Waals surface area contributed by atoms with Crippen LogP contribution < -0.4 is 0 Å². The van der Waals surface area contributed by atoms with Gasteiger partial charge in [0.2, 0.25) is 0 Å². The SMILES string of the molecule is CCC[Si](CCC)(CCC)[N-][Si](CCC)(CCC)CCC.CCC[Si](CCC)(CCC)[N-][Si](CCC)(CCC)CCC.[Ca+2]. The van der Waals surface area contributed by atoms with Crippen LogP contribution in [0.4, 0.5) is 0 Å². The zero-order valence-corrected chi connectivity index (χ0v) is 38.8. The van der Waals surface area contributed by atoms with Gasteiger partial charge in [-0.3, -0.25) is 0 Å². The molecule has 0 fully saturated rings. The van der Waals surface area contributed by atoms with Gasteiger partial charge in [-0.1, -0.05) is 266 Å². The monoisotopic (exact) mass is 697 g/mol. The Morgan fingerprint density at radius 3 is 0.395 bits per heavy atom. The van der Waals surface area contributed by atoms with Gasteiger partial charge >= 0.3 is 37.7 Å². The molecular weight excluding hydrogens is 613 g/mol. The summed E-state index contributed by atoms with van der Waals surface area (Å²) in [6.07, 6.45) is 16.2. The summed E-state index contributed by atoms with van der Waals surface area (Å²) in [4.78, 5) is 0. The Labute approximate surface area is 310 Å². The van der Waals surface area contributed by atoms with Gasteiger partial charge in [0.1, 0.15) is 0 Å². The zero-order chi connectivity index (χ0) is 32.4. The molecule has 0 radical (unpaired) electrons. The largest absolute Gasteiger partial charge is 2.00 e. The summed E-state index contributed by atoms with van der Waals surface area (Å²) < 4.78 is 11.9. The molecular formula is C36H84CaN2Si4. The van der Waals surface area contributed by atoms with Crippen molar-refractivity contribution < 1.29 is 0 Å². The van der Waals surface area contributed by atoms with Gasteiger partial charge in [0.15, 0.2) is 0 Å². The second-order valence-electron chi connectivity index (χ2n) is 14.1. The maximum Gasteiger partial charge on any atom is 2.00 e. The molecule has 0 spiro atoms. The quantitative estimate of drug-likeness (QED) is 0.0729. The van der Waals surface area contributed by atoms with Crippen LogP contribution in [0.25, 0.3) is 9.30 Å². The minimum Gasteiger partial charge on any atom is -0.666 e. The third-order valence-electron chi connectivity index (χ3n) is 9.53. The summed E-state index contributed by atoms with van der Waals surface area (Å²) in [5.74, 6) is 0. The smallest absolute Gasteiger partial charge is 0.666 e. The second kappa shape index (κ2) is 30.1. The summed E-state index contributed by atoms with van der Waals surface area (Å²) >= 11 is 0. The summed E-state index contributed by atoms with van der Waals surface area (Å²) in [6, 6.07) is 17.5. The van der Waals surface area contributed by atoms with E-state index in [0.717, 1.165) is 0 Å². The Hall–Kier alpha value is 2.05. The molecule has 2 nitrogen and oxygen atoms in total. The van der Waals surface area contributed by atoms with Crippen molar-refractivity contribution >= 4 is 70.7 Å². The molecule has 0 heterocycles. The van der Waals surface area contributed by atoms with E-state index in [4.69, 9.17) is 9.30 Å². The number of hydrogen-bond donors (Lipinski definition) is 0. The van der Waals surface area contributed by atoms with Crippen LogP contribution in [-0.4, -0.2) is 70.7 Å². The van der Waals surface area contributed by atoms with E-state index >= 15 is 0 Å². The standard InChI is InChI=1S/2C18H42NSi2.Ca/c2*1-7-13-20(14-8-2,15-9-3)19-21(16-10-4,17-11-5)18-12-6;/h2*7-18H2,1-6H3;/q2*-1;+2. The maximum atomic E-state index is 5.96. The van der Waals surface area contributed by atoms with Crippen LogP contribution in [-0.2, 0) is 0 Å². The van der Waals surface area contributed by atoms with Crippen molar-refractivity contribution in [2.75, 3.05) is 0 Å². The third-order valence-corrected chi connectivity index (χ3v) is 34.3. The van der Waals surface area contributed by atoms with Crippen LogP contribution >= 0.6 is 0 Å². The van der Waals surface area contributed by atoms with Crippen molar-refractivity contribution in [3.63, 3.8) is 0 Å². The average Bonchev–Trinajstić information content (AvgIpc) is 2.91. The molecule has 0 saturated carbocycles. The molecule has 0 bridgehead atoms. The van der Waals surface area contributed by atoms with E-state index in [0.29, 0.717) is 0 Å². The van der Waals surface area contributed by atoms with Gasteiger partial charge in [-0.15, -0.1) is 0 Å². The van der Waals surface area contributed by atoms with Crippen molar-refractivity contribution in [2.24, 2.45) is 0 Å². The van der Waals surface area contributed by atoms with E-state index in [-0.39, 0.29) is 37.7 Å². The van der Waals surface area contributed by atoms with Crippen molar-refractivity contribution in [1.82, 2.24) is 0 Å². The van der Waals surface area contributed by atoms with E-state index in [1.54, 1.807) is 0 Å². The van der Waals surface area contributed by atoms with Gasteiger partial charge < -0.3 is 9.30 Å². The van der Waals surface area contributed by atoms with Crippen LogP contribution in [0.5, 0.6) is 0 Å². The molecule has 0 aliphatic rings. The first-order chi connectivity index (χ1) is 20.1. The van der Waals surface area contributed by atoms with Gasteiger partial charge in [-0.2, -0.15) is 0 Å². The first-order valence-electron chi connectivity index (χ1n) is 19.6. The summed E-state index contributed by atoms with van der Waals surface area (Å²) in [6.45, 7) is 28.6. The Kier molecular flexibility index (Phi) is 34.6. The first-order valence-corrected chi connectivity index (χ1v) is 29.9. The van der Waals surface area contributed by atoms with Crippen LogP contribution in [0, 0.1) is 0 Å². The van der Waals surface area contributed by atoms with Crippen molar-refractivity contribution in [3.05, 3.63) is 9.30 Å². The molecule has 0 atom stereocenters. The molecule has 0 unspecified atom stereocenters. The minimum absolute atomic E-state index is 0. The Morgan fingerprint density at radius 2 is 0.326 bits per heavy atom. The van der Waals surface area contributed by atoms with E-state index in [2.05, 4.69) is 83.1 Å². The fraction of sp³-hybridized carbons (Fsp3) is 1.00. The van der Waals surface area contributed by atoms with Crippen LogP contribution in [0.1, 0.15) is 160 Å². The molecule has 256 valence electrons. The topological polar surface area (TPSA) is 28.2 Å². The molecule has 0 aliphatic heterocycles. The van der Waals surface area contributed by atoms with E-state index in [1.807, 2.05) is 0 Å². The molecule has 0 amide bonds. The van der Waals surface area contributed by atoms with Crippen LogP contribution in [0.15, 0.2) is 0 Å². The van der Waals surface area contributed by atoms with Crippen LogP contribution in [0.2, 0.25) is 72.5 Å². The molecule has 0 aliphatic carbocycles. The Bertz CT molecular complexity index is 428. The molecule has 0 N–H and O–H groups in total. The number of nitrogens with zero attached hydrogens (tertiary/aromatic N) is 2. The van der Waals surface area contributed by atoms with Crippen molar-refractivity contribution in [1.29, 1.82) is 0 Å². The number of rotatable bonds is 28. The normalized spacial score (nSPS) is 12.6. The summed E-state index contributed by atoms with van der Waals surface area (Å²) in [7, 11) is -5.42. The fourth-order valence-corrected chi connectivity index (χ4v) is 36.3. The van der Waals surface area contributed by atoms with E-state index in [1.165, 1.54) is 150 Å². The minimum atomic E-state index is -1.36. The third kappa shape index (κ3) is 20.2. The predicted molar refractivity (Wildman–Crippen MR) is 217 cm³/mol.